The van der Waals surface area contributed by atoms with E-state index in [0.717, 1.165) is 14.9 Å². The summed E-state index contributed by atoms with van der Waals surface area (Å²) in [6.07, 6.45) is 1.96. The monoisotopic (exact) mass is 365 g/mol. The molecular weight excluding hydrogens is 356 g/mol. The van der Waals surface area contributed by atoms with Crippen LogP contribution >= 0.6 is 45.2 Å². The number of amides is 1. The summed E-state index contributed by atoms with van der Waals surface area (Å²) < 4.78 is 1.49. The van der Waals surface area contributed by atoms with E-state index in [0.29, 0.717) is 5.92 Å². The number of rotatable bonds is 3. The summed E-state index contributed by atoms with van der Waals surface area (Å²) in [7, 11) is 0. The molecule has 10 heavy (non-hydrogen) atoms. The van der Waals surface area contributed by atoms with Crippen molar-refractivity contribution in [1.82, 2.24) is 5.32 Å². The normalized spacial score (nSPS) is 29.8. The lowest BCUT2D eigenvalue weighted by Gasteiger charge is -1.97. The molecule has 0 aromatic rings. The molecule has 0 spiro atoms. The number of alkyl halides is 2. The Hall–Kier alpha value is 0.930. The molecule has 1 fully saturated rings. The van der Waals surface area contributed by atoms with E-state index in [2.05, 4.69) is 50.5 Å². The first-order chi connectivity index (χ1) is 4.74. The molecule has 1 N–H and O–H groups in total. The summed E-state index contributed by atoms with van der Waals surface area (Å²) in [5.41, 5.74) is 0. The van der Waals surface area contributed by atoms with Crippen LogP contribution in [0.4, 0.5) is 0 Å². The van der Waals surface area contributed by atoms with Gasteiger partial charge < -0.3 is 5.32 Å². The van der Waals surface area contributed by atoms with Crippen LogP contribution in [-0.4, -0.2) is 14.4 Å². The van der Waals surface area contributed by atoms with Gasteiger partial charge >= 0.3 is 0 Å². The van der Waals surface area contributed by atoms with E-state index in [1.165, 1.54) is 6.42 Å². The van der Waals surface area contributed by atoms with Crippen molar-refractivity contribution in [3.8, 4) is 0 Å². The van der Waals surface area contributed by atoms with Crippen molar-refractivity contribution in [3.05, 3.63) is 0 Å². The third-order valence-electron chi connectivity index (χ3n) is 1.55. The Morgan fingerprint density at radius 1 is 1.70 bits per heavy atom. The fraction of sp³-hybridized carbons (Fsp3) is 0.833. The maximum atomic E-state index is 10.9. The second-order valence-electron chi connectivity index (χ2n) is 2.45. The molecule has 0 aromatic carbocycles. The largest absolute Gasteiger partial charge is 0.347 e. The third kappa shape index (κ3) is 2.89. The van der Waals surface area contributed by atoms with Gasteiger partial charge in [0.15, 0.2) is 0 Å². The zero-order chi connectivity index (χ0) is 7.56. The van der Waals surface area contributed by atoms with E-state index in [1.807, 2.05) is 0 Å². The first kappa shape index (κ1) is 9.02. The average molecular weight is 365 g/mol. The molecule has 2 atom stereocenters. The van der Waals surface area contributed by atoms with E-state index in [1.54, 1.807) is 0 Å². The standard InChI is InChI=1S/C6H9I2NO/c7-3-9-6(10)2-4-1-5(4)8/h4-5H,1-3H2,(H,9,10). The molecule has 58 valence electrons. The highest BCUT2D eigenvalue weighted by Crippen LogP contribution is 2.40. The molecule has 0 bridgehead atoms. The molecule has 0 saturated heterocycles. The Labute approximate surface area is 87.8 Å². The van der Waals surface area contributed by atoms with Gasteiger partial charge in [-0.1, -0.05) is 45.2 Å². The van der Waals surface area contributed by atoms with E-state index >= 15 is 0 Å². The minimum atomic E-state index is 0.207. The molecule has 1 aliphatic rings. The van der Waals surface area contributed by atoms with Gasteiger partial charge in [-0.15, -0.1) is 0 Å². The average Bonchev–Trinajstić information content (AvgIpc) is 2.47. The van der Waals surface area contributed by atoms with Crippen molar-refractivity contribution in [2.45, 2.75) is 16.8 Å². The topological polar surface area (TPSA) is 29.1 Å². The Morgan fingerprint density at radius 2 is 2.30 bits per heavy atom. The maximum Gasteiger partial charge on any atom is 0.220 e. The predicted octanol–water partition coefficient (Wildman–Crippen LogP) is 1.71. The quantitative estimate of drug-likeness (QED) is 0.461. The van der Waals surface area contributed by atoms with Crippen molar-refractivity contribution in [3.63, 3.8) is 0 Å². The van der Waals surface area contributed by atoms with Gasteiger partial charge in [-0.25, -0.2) is 0 Å². The fourth-order valence-corrected chi connectivity index (χ4v) is 2.14. The van der Waals surface area contributed by atoms with Crippen LogP contribution in [0.25, 0.3) is 0 Å². The van der Waals surface area contributed by atoms with Crippen LogP contribution in [0.3, 0.4) is 0 Å². The van der Waals surface area contributed by atoms with Crippen LogP contribution in [0, 0.1) is 5.92 Å². The molecule has 4 heteroatoms. The minimum absolute atomic E-state index is 0.207. The van der Waals surface area contributed by atoms with E-state index in [4.69, 9.17) is 0 Å². The van der Waals surface area contributed by atoms with Crippen LogP contribution in [0.15, 0.2) is 0 Å². The van der Waals surface area contributed by atoms with Crippen molar-refractivity contribution in [2.75, 3.05) is 4.55 Å². The van der Waals surface area contributed by atoms with Gasteiger partial charge in [0.05, 0.1) is 4.55 Å². The highest BCUT2D eigenvalue weighted by molar-refractivity contribution is 14.1. The fourth-order valence-electron chi connectivity index (χ4n) is 0.807. The lowest BCUT2D eigenvalue weighted by atomic mass is 10.3. The first-order valence-electron chi connectivity index (χ1n) is 3.20. The summed E-state index contributed by atoms with van der Waals surface area (Å²) in [5, 5.41) is 2.78. The summed E-state index contributed by atoms with van der Waals surface area (Å²) in [4.78, 5) is 10.9. The second kappa shape index (κ2) is 4.08. The Bertz CT molecular complexity index is 140. The molecule has 2 unspecified atom stereocenters. The number of halogens is 2. The van der Waals surface area contributed by atoms with Gasteiger partial charge in [0.25, 0.3) is 0 Å². The van der Waals surface area contributed by atoms with Crippen molar-refractivity contribution >= 4 is 51.1 Å². The minimum Gasteiger partial charge on any atom is -0.347 e. The first-order valence-corrected chi connectivity index (χ1v) is 5.98. The summed E-state index contributed by atoms with van der Waals surface area (Å²) in [6.45, 7) is 0. The predicted molar refractivity (Wildman–Crippen MR) is 57.6 cm³/mol. The Balaban J connectivity index is 2.07. The Kier molecular flexibility index (Phi) is 3.68. The van der Waals surface area contributed by atoms with Gasteiger partial charge in [0.2, 0.25) is 5.91 Å². The summed E-state index contributed by atoms with van der Waals surface area (Å²) in [6, 6.07) is 0. The van der Waals surface area contributed by atoms with Gasteiger partial charge in [-0.2, -0.15) is 0 Å². The molecule has 0 aliphatic heterocycles. The van der Waals surface area contributed by atoms with Crippen LogP contribution < -0.4 is 5.32 Å². The molecule has 2 nitrogen and oxygen atoms in total. The SMILES string of the molecule is O=C(CC1CC1I)NCI. The molecule has 0 aromatic heterocycles. The molecule has 1 aliphatic carbocycles. The molecule has 1 saturated carbocycles. The van der Waals surface area contributed by atoms with E-state index in [9.17, 15) is 4.79 Å². The van der Waals surface area contributed by atoms with Gasteiger partial charge in [0, 0.05) is 10.3 Å². The smallest absolute Gasteiger partial charge is 0.220 e. The van der Waals surface area contributed by atoms with Crippen LogP contribution in [-0.2, 0) is 4.79 Å². The highest BCUT2D eigenvalue weighted by atomic mass is 127. The number of hydrogen-bond donors (Lipinski definition) is 1. The number of carbonyl (C=O) groups is 1. The summed E-state index contributed by atoms with van der Waals surface area (Å²) >= 11 is 4.54. The van der Waals surface area contributed by atoms with Gasteiger partial charge in [0.1, 0.15) is 0 Å². The maximum absolute atomic E-state index is 10.9. The summed E-state index contributed by atoms with van der Waals surface area (Å²) in [5.74, 6) is 0.877. The zero-order valence-electron chi connectivity index (χ0n) is 5.44. The Morgan fingerprint density at radius 3 is 2.70 bits per heavy atom. The number of nitrogens with one attached hydrogen (secondary N) is 1. The van der Waals surface area contributed by atoms with E-state index in [-0.39, 0.29) is 5.91 Å². The van der Waals surface area contributed by atoms with Crippen molar-refractivity contribution in [1.29, 1.82) is 0 Å². The van der Waals surface area contributed by atoms with Crippen LogP contribution in [0.5, 0.6) is 0 Å². The molecule has 0 heterocycles. The van der Waals surface area contributed by atoms with Gasteiger partial charge in [-0.05, 0) is 12.3 Å². The van der Waals surface area contributed by atoms with Crippen LogP contribution in [0.1, 0.15) is 12.8 Å². The lowest BCUT2D eigenvalue weighted by Crippen LogP contribution is -2.21. The van der Waals surface area contributed by atoms with Crippen molar-refractivity contribution in [2.24, 2.45) is 5.92 Å². The van der Waals surface area contributed by atoms with E-state index < -0.39 is 0 Å². The molecule has 1 amide bonds. The molecular formula is C6H9I2NO. The highest BCUT2D eigenvalue weighted by Gasteiger charge is 2.35. The van der Waals surface area contributed by atoms with Gasteiger partial charge in [-0.3, -0.25) is 4.79 Å². The van der Waals surface area contributed by atoms with Crippen LogP contribution in [0.2, 0.25) is 0 Å². The van der Waals surface area contributed by atoms with Crippen molar-refractivity contribution < 1.29 is 4.79 Å². The number of hydrogen-bond acceptors (Lipinski definition) is 1. The number of carbonyl (C=O) groups excluding carboxylic acids is 1. The zero-order valence-corrected chi connectivity index (χ0v) is 9.76. The molecule has 0 radical (unpaired) electrons. The second-order valence-corrected chi connectivity index (χ2v) is 4.81. The third-order valence-corrected chi connectivity index (χ3v) is 3.45. The molecule has 1 rings (SSSR count). The lowest BCUT2D eigenvalue weighted by molar-refractivity contribution is -0.120.